The number of halogens is 1. The summed E-state index contributed by atoms with van der Waals surface area (Å²) in [5.41, 5.74) is 1.85. The van der Waals surface area contributed by atoms with E-state index in [1.54, 1.807) is 36.5 Å². The van der Waals surface area contributed by atoms with Crippen LogP contribution in [-0.4, -0.2) is 19.3 Å². The number of nitrogens with one attached hydrogen (secondary N) is 1. The van der Waals surface area contributed by atoms with E-state index >= 15 is 0 Å². The Hall–Kier alpha value is -2.68. The number of amides is 1. The molecule has 0 fully saturated rings. The number of nitrogens with two attached hydrogens (primary N) is 1. The molecule has 0 aliphatic heterocycles. The predicted octanol–water partition coefficient (Wildman–Crippen LogP) is 3.35. The van der Waals surface area contributed by atoms with Gasteiger partial charge in [-0.25, -0.2) is 18.5 Å². The fourth-order valence-corrected chi connectivity index (χ4v) is 3.46. The summed E-state index contributed by atoms with van der Waals surface area (Å²) in [5.74, 6) is 0.524. The van der Waals surface area contributed by atoms with E-state index in [2.05, 4.69) is 10.3 Å². The van der Waals surface area contributed by atoms with Gasteiger partial charge in [0.05, 0.1) is 17.0 Å². The monoisotopic (exact) mass is 419 g/mol. The number of primary sulfonamides is 1. The SMILES string of the molecule is NS(=O)(=O)Cc1ccc(NC(=O)CCc2ncc(-c3ccccc3Cl)o2)cc1. The van der Waals surface area contributed by atoms with Gasteiger partial charge in [-0.2, -0.15) is 0 Å². The van der Waals surface area contributed by atoms with Gasteiger partial charge in [-0.05, 0) is 29.8 Å². The first kappa shape index (κ1) is 20.1. The van der Waals surface area contributed by atoms with Crippen LogP contribution in [-0.2, 0) is 27.0 Å². The molecule has 3 N–H and O–H groups in total. The third-order valence-electron chi connectivity index (χ3n) is 3.86. The first-order valence-corrected chi connectivity index (χ1v) is 10.5. The van der Waals surface area contributed by atoms with Crippen molar-refractivity contribution in [1.29, 1.82) is 0 Å². The van der Waals surface area contributed by atoms with Gasteiger partial charge in [-0.3, -0.25) is 4.79 Å². The lowest BCUT2D eigenvalue weighted by molar-refractivity contribution is -0.116. The van der Waals surface area contributed by atoms with Crippen LogP contribution in [0.5, 0.6) is 0 Å². The Morgan fingerprint density at radius 1 is 1.14 bits per heavy atom. The van der Waals surface area contributed by atoms with Crippen LogP contribution in [0.3, 0.4) is 0 Å². The molecule has 28 heavy (non-hydrogen) atoms. The number of hydrogen-bond acceptors (Lipinski definition) is 5. The maximum Gasteiger partial charge on any atom is 0.224 e. The number of oxazole rings is 1. The summed E-state index contributed by atoms with van der Waals surface area (Å²) in [7, 11) is -3.59. The van der Waals surface area contributed by atoms with Crippen molar-refractivity contribution in [2.45, 2.75) is 18.6 Å². The molecule has 0 saturated heterocycles. The number of carbonyl (C=O) groups excluding carboxylic acids is 1. The van der Waals surface area contributed by atoms with Crippen molar-refractivity contribution < 1.29 is 17.6 Å². The summed E-state index contributed by atoms with van der Waals surface area (Å²) in [6.45, 7) is 0. The molecular weight excluding hydrogens is 402 g/mol. The number of benzene rings is 2. The molecule has 0 aliphatic carbocycles. The van der Waals surface area contributed by atoms with Gasteiger partial charge >= 0.3 is 0 Å². The van der Waals surface area contributed by atoms with Crippen LogP contribution < -0.4 is 10.5 Å². The summed E-state index contributed by atoms with van der Waals surface area (Å²) in [4.78, 5) is 16.3. The Kier molecular flexibility index (Phi) is 6.13. The van der Waals surface area contributed by atoms with E-state index in [1.165, 1.54) is 0 Å². The van der Waals surface area contributed by atoms with E-state index in [1.807, 2.05) is 18.2 Å². The number of aryl methyl sites for hydroxylation is 1. The number of aromatic nitrogens is 1. The highest BCUT2D eigenvalue weighted by Gasteiger charge is 2.11. The highest BCUT2D eigenvalue weighted by molar-refractivity contribution is 7.88. The minimum absolute atomic E-state index is 0.182. The van der Waals surface area contributed by atoms with Crippen LogP contribution in [0, 0.1) is 0 Å². The average molecular weight is 420 g/mol. The molecule has 0 spiro atoms. The Labute approximate surface area is 167 Å². The van der Waals surface area contributed by atoms with Crippen molar-refractivity contribution in [3.8, 4) is 11.3 Å². The Bertz CT molecular complexity index is 1080. The lowest BCUT2D eigenvalue weighted by Crippen LogP contribution is -2.15. The van der Waals surface area contributed by atoms with Crippen LogP contribution in [0.2, 0.25) is 5.02 Å². The minimum atomic E-state index is -3.59. The molecule has 0 radical (unpaired) electrons. The molecule has 3 aromatic rings. The number of hydrogen-bond donors (Lipinski definition) is 2. The second-order valence-corrected chi connectivity index (χ2v) is 8.17. The smallest absolute Gasteiger partial charge is 0.224 e. The van der Waals surface area contributed by atoms with Crippen molar-refractivity contribution in [2.75, 3.05) is 5.32 Å². The predicted molar refractivity (Wildman–Crippen MR) is 107 cm³/mol. The number of carbonyl (C=O) groups is 1. The first-order chi connectivity index (χ1) is 13.3. The van der Waals surface area contributed by atoms with Crippen molar-refractivity contribution in [1.82, 2.24) is 4.98 Å². The Morgan fingerprint density at radius 2 is 1.86 bits per heavy atom. The van der Waals surface area contributed by atoms with Crippen LogP contribution in [0.1, 0.15) is 17.9 Å². The van der Waals surface area contributed by atoms with Gasteiger partial charge in [0, 0.05) is 24.1 Å². The molecular formula is C19H18ClN3O4S. The molecule has 0 saturated carbocycles. The molecule has 9 heteroatoms. The van der Waals surface area contributed by atoms with Crippen molar-refractivity contribution in [2.24, 2.45) is 5.14 Å². The summed E-state index contributed by atoms with van der Waals surface area (Å²) in [5, 5.41) is 8.31. The van der Waals surface area contributed by atoms with Gasteiger partial charge in [0.1, 0.15) is 0 Å². The van der Waals surface area contributed by atoms with E-state index in [4.69, 9.17) is 21.2 Å². The van der Waals surface area contributed by atoms with Gasteiger partial charge in [-0.15, -0.1) is 0 Å². The minimum Gasteiger partial charge on any atom is -0.441 e. The summed E-state index contributed by atoms with van der Waals surface area (Å²) < 4.78 is 27.8. The standard InChI is InChI=1S/C19H18ClN3O4S/c20-16-4-2-1-3-15(16)17-11-22-19(27-17)10-9-18(24)23-14-7-5-13(6-8-14)12-28(21,25)26/h1-8,11H,9-10,12H2,(H,23,24)(H2,21,25,26). The molecule has 1 amide bonds. The molecule has 0 unspecified atom stereocenters. The second kappa shape index (κ2) is 8.55. The average Bonchev–Trinajstić information content (AvgIpc) is 3.10. The van der Waals surface area contributed by atoms with E-state index in [0.29, 0.717) is 34.3 Å². The van der Waals surface area contributed by atoms with Gasteiger partial charge < -0.3 is 9.73 Å². The molecule has 0 atom stereocenters. The van der Waals surface area contributed by atoms with Crippen molar-refractivity contribution in [3.63, 3.8) is 0 Å². The number of rotatable bonds is 7. The number of anilines is 1. The molecule has 2 aromatic carbocycles. The van der Waals surface area contributed by atoms with Crippen molar-refractivity contribution in [3.05, 3.63) is 71.2 Å². The highest BCUT2D eigenvalue weighted by atomic mass is 35.5. The van der Waals surface area contributed by atoms with Crippen molar-refractivity contribution >= 4 is 33.2 Å². The summed E-state index contributed by atoms with van der Waals surface area (Å²) >= 11 is 6.14. The third kappa shape index (κ3) is 5.66. The van der Waals surface area contributed by atoms with Crippen LogP contribution in [0.25, 0.3) is 11.3 Å². The molecule has 0 bridgehead atoms. The maximum absolute atomic E-state index is 12.1. The molecule has 3 rings (SSSR count). The largest absolute Gasteiger partial charge is 0.441 e. The molecule has 0 aliphatic rings. The highest BCUT2D eigenvalue weighted by Crippen LogP contribution is 2.28. The first-order valence-electron chi connectivity index (χ1n) is 8.39. The van der Waals surface area contributed by atoms with Gasteiger partial charge in [-0.1, -0.05) is 35.9 Å². The Balaban J connectivity index is 1.54. The van der Waals surface area contributed by atoms with E-state index in [9.17, 15) is 13.2 Å². The lowest BCUT2D eigenvalue weighted by Gasteiger charge is -2.06. The van der Waals surface area contributed by atoms with Crippen LogP contribution in [0.4, 0.5) is 5.69 Å². The summed E-state index contributed by atoms with van der Waals surface area (Å²) in [6.07, 6.45) is 2.10. The zero-order valence-corrected chi connectivity index (χ0v) is 16.3. The molecule has 1 heterocycles. The fraction of sp³-hybridized carbons (Fsp3) is 0.158. The second-order valence-electron chi connectivity index (χ2n) is 6.15. The molecule has 146 valence electrons. The lowest BCUT2D eigenvalue weighted by atomic mass is 10.2. The quantitative estimate of drug-likeness (QED) is 0.609. The zero-order chi connectivity index (χ0) is 20.1. The third-order valence-corrected chi connectivity index (χ3v) is 4.93. The van der Waals surface area contributed by atoms with E-state index in [-0.39, 0.29) is 18.1 Å². The summed E-state index contributed by atoms with van der Waals surface area (Å²) in [6, 6.07) is 13.7. The van der Waals surface area contributed by atoms with Crippen LogP contribution >= 0.6 is 11.6 Å². The normalized spacial score (nSPS) is 11.4. The van der Waals surface area contributed by atoms with Crippen LogP contribution in [0.15, 0.2) is 59.1 Å². The van der Waals surface area contributed by atoms with Gasteiger partial charge in [0.2, 0.25) is 15.9 Å². The number of sulfonamides is 1. The zero-order valence-electron chi connectivity index (χ0n) is 14.8. The number of nitrogens with zero attached hydrogens (tertiary/aromatic N) is 1. The topological polar surface area (TPSA) is 115 Å². The molecule has 1 aromatic heterocycles. The fourth-order valence-electron chi connectivity index (χ4n) is 2.57. The molecule has 7 nitrogen and oxygen atoms in total. The van der Waals surface area contributed by atoms with Gasteiger partial charge in [0.15, 0.2) is 11.7 Å². The van der Waals surface area contributed by atoms with E-state index < -0.39 is 10.0 Å². The van der Waals surface area contributed by atoms with Gasteiger partial charge in [0.25, 0.3) is 0 Å². The maximum atomic E-state index is 12.1. The Morgan fingerprint density at radius 3 is 2.54 bits per heavy atom. The van der Waals surface area contributed by atoms with E-state index in [0.717, 1.165) is 5.56 Å².